The Hall–Kier alpha value is -3.02. The van der Waals surface area contributed by atoms with Gasteiger partial charge in [-0.25, -0.2) is 0 Å². The average molecular weight is 281 g/mol. The lowest BCUT2D eigenvalue weighted by atomic mass is 10.1. The number of hydrogen-bond donors (Lipinski definition) is 0. The number of rotatable bonds is 3. The van der Waals surface area contributed by atoms with Crippen molar-refractivity contribution in [3.63, 3.8) is 0 Å². The predicted octanol–water partition coefficient (Wildman–Crippen LogP) is 3.62. The van der Waals surface area contributed by atoms with Crippen LogP contribution in [0.25, 0.3) is 22.8 Å². The fourth-order valence-corrected chi connectivity index (χ4v) is 2.03. The molecule has 2 aromatic carbocycles. The van der Waals surface area contributed by atoms with E-state index in [1.54, 1.807) is 12.1 Å². The first kappa shape index (κ1) is 13.0. The second-order valence-electron chi connectivity index (χ2n) is 4.55. The zero-order valence-electron chi connectivity index (χ0n) is 11.2. The second kappa shape index (κ2) is 5.16. The van der Waals surface area contributed by atoms with E-state index >= 15 is 0 Å². The molecule has 0 saturated heterocycles. The van der Waals surface area contributed by atoms with Gasteiger partial charge in [-0.15, -0.1) is 0 Å². The lowest BCUT2D eigenvalue weighted by Crippen LogP contribution is -1.88. The van der Waals surface area contributed by atoms with Crippen LogP contribution >= 0.6 is 0 Å². The van der Waals surface area contributed by atoms with E-state index in [9.17, 15) is 10.1 Å². The Bertz CT molecular complexity index is 811. The van der Waals surface area contributed by atoms with E-state index in [1.165, 1.54) is 12.1 Å². The number of aromatic nitrogens is 2. The zero-order chi connectivity index (χ0) is 14.8. The van der Waals surface area contributed by atoms with E-state index < -0.39 is 4.92 Å². The van der Waals surface area contributed by atoms with Crippen LogP contribution in [-0.4, -0.2) is 15.1 Å². The number of benzene rings is 2. The van der Waals surface area contributed by atoms with Crippen LogP contribution in [0.3, 0.4) is 0 Å². The molecule has 0 N–H and O–H groups in total. The molecule has 0 amide bonds. The molecule has 3 rings (SSSR count). The summed E-state index contributed by atoms with van der Waals surface area (Å²) in [5, 5.41) is 14.7. The molecular weight excluding hydrogens is 270 g/mol. The van der Waals surface area contributed by atoms with Gasteiger partial charge in [0.1, 0.15) is 0 Å². The maximum absolute atomic E-state index is 10.8. The van der Waals surface area contributed by atoms with Gasteiger partial charge in [-0.1, -0.05) is 35.5 Å². The molecule has 0 fully saturated rings. The third-order valence-electron chi connectivity index (χ3n) is 3.12. The van der Waals surface area contributed by atoms with Gasteiger partial charge in [-0.2, -0.15) is 4.98 Å². The van der Waals surface area contributed by atoms with E-state index in [2.05, 4.69) is 10.1 Å². The van der Waals surface area contributed by atoms with Crippen molar-refractivity contribution >= 4 is 5.69 Å². The number of nitro benzene ring substituents is 1. The van der Waals surface area contributed by atoms with Gasteiger partial charge in [0.15, 0.2) is 0 Å². The quantitative estimate of drug-likeness (QED) is 0.541. The molecule has 21 heavy (non-hydrogen) atoms. The van der Waals surface area contributed by atoms with Gasteiger partial charge < -0.3 is 4.52 Å². The van der Waals surface area contributed by atoms with Crippen LogP contribution < -0.4 is 0 Å². The van der Waals surface area contributed by atoms with E-state index in [0.29, 0.717) is 11.4 Å². The van der Waals surface area contributed by atoms with E-state index in [0.717, 1.165) is 11.1 Å². The summed E-state index contributed by atoms with van der Waals surface area (Å²) in [4.78, 5) is 14.7. The fraction of sp³-hybridized carbons (Fsp3) is 0.0667. The molecule has 0 aliphatic rings. The van der Waals surface area contributed by atoms with Crippen molar-refractivity contribution in [3.8, 4) is 22.8 Å². The summed E-state index contributed by atoms with van der Waals surface area (Å²) in [7, 11) is 0. The van der Waals surface area contributed by atoms with Crippen molar-refractivity contribution < 1.29 is 9.45 Å². The molecule has 0 atom stereocenters. The first-order valence-electron chi connectivity index (χ1n) is 6.29. The van der Waals surface area contributed by atoms with Gasteiger partial charge in [0.05, 0.1) is 4.92 Å². The molecule has 1 aromatic heterocycles. The second-order valence-corrected chi connectivity index (χ2v) is 4.55. The van der Waals surface area contributed by atoms with Crippen LogP contribution in [0.15, 0.2) is 53.1 Å². The summed E-state index contributed by atoms with van der Waals surface area (Å²) in [5.41, 5.74) is 2.42. The van der Waals surface area contributed by atoms with E-state index in [4.69, 9.17) is 4.52 Å². The molecule has 0 saturated carbocycles. The summed E-state index contributed by atoms with van der Waals surface area (Å²) in [5.74, 6) is 0.728. The highest BCUT2D eigenvalue weighted by Gasteiger charge is 2.14. The summed E-state index contributed by atoms with van der Waals surface area (Å²) in [6.45, 7) is 1.96. The number of aryl methyl sites for hydroxylation is 1. The largest absolute Gasteiger partial charge is 0.334 e. The molecule has 0 aliphatic carbocycles. The van der Waals surface area contributed by atoms with Gasteiger partial charge in [0.25, 0.3) is 11.6 Å². The van der Waals surface area contributed by atoms with Crippen LogP contribution in [0.2, 0.25) is 0 Å². The number of nitrogens with zero attached hydrogens (tertiary/aromatic N) is 3. The van der Waals surface area contributed by atoms with Crippen molar-refractivity contribution in [3.05, 3.63) is 64.2 Å². The van der Waals surface area contributed by atoms with Crippen molar-refractivity contribution in [1.82, 2.24) is 10.1 Å². The van der Waals surface area contributed by atoms with Gasteiger partial charge in [-0.3, -0.25) is 10.1 Å². The zero-order valence-corrected chi connectivity index (χ0v) is 11.2. The monoisotopic (exact) mass is 281 g/mol. The van der Waals surface area contributed by atoms with Crippen molar-refractivity contribution in [2.24, 2.45) is 0 Å². The Morgan fingerprint density at radius 2 is 1.95 bits per heavy atom. The molecule has 104 valence electrons. The van der Waals surface area contributed by atoms with Crippen molar-refractivity contribution in [1.29, 1.82) is 0 Å². The van der Waals surface area contributed by atoms with Crippen LogP contribution in [0.4, 0.5) is 5.69 Å². The lowest BCUT2D eigenvalue weighted by molar-refractivity contribution is -0.384. The Labute approximate surface area is 120 Å². The third-order valence-corrected chi connectivity index (χ3v) is 3.12. The summed E-state index contributed by atoms with van der Waals surface area (Å²) < 4.78 is 5.21. The summed E-state index contributed by atoms with van der Waals surface area (Å²) in [6.07, 6.45) is 0. The minimum absolute atomic E-state index is 0.0110. The maximum atomic E-state index is 10.8. The highest BCUT2D eigenvalue weighted by molar-refractivity contribution is 5.63. The van der Waals surface area contributed by atoms with Gasteiger partial charge >= 0.3 is 0 Å². The molecule has 0 unspecified atom stereocenters. The highest BCUT2D eigenvalue weighted by atomic mass is 16.6. The predicted molar refractivity (Wildman–Crippen MR) is 76.6 cm³/mol. The maximum Gasteiger partial charge on any atom is 0.270 e. The first-order valence-corrected chi connectivity index (χ1v) is 6.29. The Morgan fingerprint density at radius 1 is 1.14 bits per heavy atom. The first-order chi connectivity index (χ1) is 10.1. The molecular formula is C15H11N3O3. The SMILES string of the molecule is Cc1ccccc1-c1noc(-c2cccc([N+](=O)[O-])c2)n1. The summed E-state index contributed by atoms with van der Waals surface area (Å²) >= 11 is 0. The number of nitro groups is 1. The highest BCUT2D eigenvalue weighted by Crippen LogP contribution is 2.26. The molecule has 1 heterocycles. The Kier molecular flexibility index (Phi) is 3.19. The van der Waals surface area contributed by atoms with Gasteiger partial charge in [-0.05, 0) is 18.6 Å². The van der Waals surface area contributed by atoms with Crippen molar-refractivity contribution in [2.45, 2.75) is 6.92 Å². The van der Waals surface area contributed by atoms with Gasteiger partial charge in [0, 0.05) is 23.3 Å². The summed E-state index contributed by atoms with van der Waals surface area (Å²) in [6, 6.07) is 13.8. The number of non-ortho nitro benzene ring substituents is 1. The molecule has 0 spiro atoms. The van der Waals surface area contributed by atoms with Crippen LogP contribution in [-0.2, 0) is 0 Å². The standard InChI is InChI=1S/C15H11N3O3/c1-10-5-2-3-8-13(10)14-16-15(21-17-14)11-6-4-7-12(9-11)18(19)20/h2-9H,1H3. The molecule has 0 radical (unpaired) electrons. The average Bonchev–Trinajstić information content (AvgIpc) is 2.97. The fourth-order valence-electron chi connectivity index (χ4n) is 2.03. The minimum atomic E-state index is -0.456. The van der Waals surface area contributed by atoms with E-state index in [-0.39, 0.29) is 11.6 Å². The van der Waals surface area contributed by atoms with Crippen molar-refractivity contribution in [2.75, 3.05) is 0 Å². The third kappa shape index (κ3) is 2.51. The van der Waals surface area contributed by atoms with Crippen LogP contribution in [0.1, 0.15) is 5.56 Å². The van der Waals surface area contributed by atoms with Gasteiger partial charge in [0.2, 0.25) is 5.82 Å². The Balaban J connectivity index is 2.01. The Morgan fingerprint density at radius 3 is 2.71 bits per heavy atom. The minimum Gasteiger partial charge on any atom is -0.334 e. The molecule has 3 aromatic rings. The molecule has 0 bridgehead atoms. The lowest BCUT2D eigenvalue weighted by Gasteiger charge is -1.98. The smallest absolute Gasteiger partial charge is 0.270 e. The topological polar surface area (TPSA) is 82.1 Å². The van der Waals surface area contributed by atoms with Crippen LogP contribution in [0.5, 0.6) is 0 Å². The molecule has 0 aliphatic heterocycles. The van der Waals surface area contributed by atoms with E-state index in [1.807, 2.05) is 31.2 Å². The van der Waals surface area contributed by atoms with Crippen LogP contribution in [0, 0.1) is 17.0 Å². The normalized spacial score (nSPS) is 10.5. The molecule has 6 heteroatoms. The number of hydrogen-bond acceptors (Lipinski definition) is 5. The molecule has 6 nitrogen and oxygen atoms in total.